The molecule has 0 unspecified atom stereocenters. The number of amides is 1. The van der Waals surface area contributed by atoms with Crippen molar-refractivity contribution < 1.29 is 15.0 Å². The van der Waals surface area contributed by atoms with E-state index in [0.717, 1.165) is 38.8 Å². The van der Waals surface area contributed by atoms with Crippen LogP contribution in [0.15, 0.2) is 12.2 Å². The van der Waals surface area contributed by atoms with Crippen molar-refractivity contribution in [2.24, 2.45) is 0 Å². The van der Waals surface area contributed by atoms with E-state index in [4.69, 9.17) is 10.2 Å². The van der Waals surface area contributed by atoms with Crippen molar-refractivity contribution in [3.8, 4) is 0 Å². The second kappa shape index (κ2) is 52.3. The van der Waals surface area contributed by atoms with Gasteiger partial charge in [0.2, 0.25) is 5.91 Å². The second-order valence-corrected chi connectivity index (χ2v) is 18.5. The predicted molar refractivity (Wildman–Crippen MR) is 258 cm³/mol. The Morgan fingerprint density at radius 3 is 0.862 bits per heavy atom. The van der Waals surface area contributed by atoms with Crippen LogP contribution in [0, 0.1) is 0 Å². The Labute approximate surface area is 365 Å². The lowest BCUT2D eigenvalue weighted by Crippen LogP contribution is -2.32. The fourth-order valence-corrected chi connectivity index (χ4v) is 8.64. The lowest BCUT2D eigenvalue weighted by atomic mass is 10.0. The third-order valence-corrected chi connectivity index (χ3v) is 12.7. The Morgan fingerprint density at radius 2 is 0.569 bits per heavy atom. The molecule has 2 N–H and O–H groups in total. The number of nitrogens with zero attached hydrogens (tertiary/aromatic N) is 1. The van der Waals surface area contributed by atoms with Crippen LogP contribution in [0.25, 0.3) is 0 Å². The van der Waals surface area contributed by atoms with Gasteiger partial charge in [-0.2, -0.15) is 0 Å². The topological polar surface area (TPSA) is 60.8 Å². The molecule has 0 rings (SSSR count). The van der Waals surface area contributed by atoms with Crippen LogP contribution >= 0.6 is 0 Å². The predicted octanol–water partition coefficient (Wildman–Crippen LogP) is 17.3. The highest BCUT2D eigenvalue weighted by Gasteiger charge is 2.12. The van der Waals surface area contributed by atoms with Gasteiger partial charge in [0.15, 0.2) is 0 Å². The second-order valence-electron chi connectivity index (χ2n) is 18.5. The number of unbranched alkanes of at least 4 members (excludes halogenated alkanes) is 41. The SMILES string of the molecule is CCCCCCCC/C=C\CCCCCCCC(=O)N(CCCCCCCCCCCCCCCCCCO)CCCCCCCCCCCCCCCCCCO. The maximum absolute atomic E-state index is 13.4. The maximum Gasteiger partial charge on any atom is 0.222 e. The summed E-state index contributed by atoms with van der Waals surface area (Å²) in [5.41, 5.74) is 0. The number of hydrogen-bond donors (Lipinski definition) is 2. The number of aliphatic hydroxyl groups is 2. The quantitative estimate of drug-likeness (QED) is 0.0475. The summed E-state index contributed by atoms with van der Waals surface area (Å²) in [6.07, 6.45) is 64.9. The molecule has 0 fully saturated rings. The summed E-state index contributed by atoms with van der Waals surface area (Å²) in [6.45, 7) is 4.96. The van der Waals surface area contributed by atoms with Crippen molar-refractivity contribution in [1.82, 2.24) is 4.90 Å². The van der Waals surface area contributed by atoms with Crippen LogP contribution in [0.5, 0.6) is 0 Å². The summed E-state index contributed by atoms with van der Waals surface area (Å²) in [6, 6.07) is 0. The lowest BCUT2D eigenvalue weighted by Gasteiger charge is -2.23. The van der Waals surface area contributed by atoms with Crippen LogP contribution in [0.3, 0.4) is 0 Å². The van der Waals surface area contributed by atoms with Gasteiger partial charge in [0.05, 0.1) is 0 Å². The van der Waals surface area contributed by atoms with Crippen molar-refractivity contribution in [3.63, 3.8) is 0 Å². The largest absolute Gasteiger partial charge is 0.396 e. The first-order valence-corrected chi connectivity index (χ1v) is 26.9. The summed E-state index contributed by atoms with van der Waals surface area (Å²) in [7, 11) is 0. The van der Waals surface area contributed by atoms with Crippen LogP contribution in [-0.4, -0.2) is 47.3 Å². The molecule has 0 radical (unpaired) electrons. The van der Waals surface area contributed by atoms with E-state index in [1.165, 1.54) is 270 Å². The van der Waals surface area contributed by atoms with Crippen molar-refractivity contribution in [2.45, 2.75) is 302 Å². The Morgan fingerprint density at radius 1 is 0.328 bits per heavy atom. The molecule has 1 amide bonds. The van der Waals surface area contributed by atoms with Gasteiger partial charge in [0, 0.05) is 32.7 Å². The highest BCUT2D eigenvalue weighted by molar-refractivity contribution is 5.76. The molecule has 58 heavy (non-hydrogen) atoms. The number of allylic oxidation sites excluding steroid dienone is 2. The molecule has 0 heterocycles. The molecule has 4 heteroatoms. The molecule has 0 spiro atoms. The molecule has 0 aliphatic heterocycles. The molecule has 0 bridgehead atoms. The van der Waals surface area contributed by atoms with Gasteiger partial charge in [0.25, 0.3) is 0 Å². The van der Waals surface area contributed by atoms with Gasteiger partial charge >= 0.3 is 0 Å². The summed E-state index contributed by atoms with van der Waals surface area (Å²) in [5, 5.41) is 17.8. The smallest absolute Gasteiger partial charge is 0.222 e. The first-order valence-electron chi connectivity index (χ1n) is 26.9. The van der Waals surface area contributed by atoms with Gasteiger partial charge in [-0.15, -0.1) is 0 Å². The minimum atomic E-state index is 0.356. The van der Waals surface area contributed by atoms with E-state index >= 15 is 0 Å². The Hall–Kier alpha value is -0.870. The van der Waals surface area contributed by atoms with Gasteiger partial charge in [-0.05, 0) is 57.8 Å². The Balaban J connectivity index is 4.11. The molecule has 4 nitrogen and oxygen atoms in total. The standard InChI is InChI=1S/C54H107NO3/c1-2-3-4-5-6-7-8-9-14-19-24-29-34-39-44-49-54(58)55(50-45-40-35-30-25-20-15-10-12-17-22-27-32-37-42-47-52-56)51-46-41-36-31-26-21-16-11-13-18-23-28-33-38-43-48-53-57/h9,14,56-57H,2-8,10-13,15-53H2,1H3/b14-9-. The van der Waals surface area contributed by atoms with Crippen molar-refractivity contribution in [2.75, 3.05) is 26.3 Å². The zero-order valence-corrected chi connectivity index (χ0v) is 39.8. The third-order valence-electron chi connectivity index (χ3n) is 12.7. The van der Waals surface area contributed by atoms with Crippen LogP contribution in [-0.2, 0) is 4.79 Å². The van der Waals surface area contributed by atoms with E-state index in [2.05, 4.69) is 24.0 Å². The van der Waals surface area contributed by atoms with Gasteiger partial charge in [-0.1, -0.05) is 250 Å². The van der Waals surface area contributed by atoms with E-state index in [1.54, 1.807) is 0 Å². The van der Waals surface area contributed by atoms with Crippen molar-refractivity contribution in [3.05, 3.63) is 12.2 Å². The normalized spacial score (nSPS) is 11.7. The number of carbonyl (C=O) groups excluding carboxylic acids is 1. The number of rotatable bonds is 51. The lowest BCUT2D eigenvalue weighted by molar-refractivity contribution is -0.131. The molecule has 0 saturated carbocycles. The minimum Gasteiger partial charge on any atom is -0.396 e. The van der Waals surface area contributed by atoms with Gasteiger partial charge in [-0.3, -0.25) is 4.79 Å². The average molecular weight is 818 g/mol. The number of carbonyl (C=O) groups is 1. The summed E-state index contributed by atoms with van der Waals surface area (Å²) >= 11 is 0. The first-order chi connectivity index (χ1) is 28.8. The highest BCUT2D eigenvalue weighted by atomic mass is 16.3. The minimum absolute atomic E-state index is 0.356. The summed E-state index contributed by atoms with van der Waals surface area (Å²) in [5.74, 6) is 0.432. The van der Waals surface area contributed by atoms with E-state index in [-0.39, 0.29) is 0 Å². The molecule has 0 aromatic heterocycles. The number of aliphatic hydroxyl groups excluding tert-OH is 2. The molecular weight excluding hydrogens is 711 g/mol. The van der Waals surface area contributed by atoms with E-state index in [9.17, 15) is 4.79 Å². The fraction of sp³-hybridized carbons (Fsp3) is 0.944. The Kier molecular flexibility index (Phi) is 51.5. The van der Waals surface area contributed by atoms with E-state index < -0.39 is 0 Å². The molecular formula is C54H107NO3. The molecule has 0 saturated heterocycles. The molecule has 0 aromatic rings. The summed E-state index contributed by atoms with van der Waals surface area (Å²) in [4.78, 5) is 15.6. The zero-order chi connectivity index (χ0) is 41.9. The Bertz CT molecular complexity index is 746. The summed E-state index contributed by atoms with van der Waals surface area (Å²) < 4.78 is 0. The molecule has 0 aromatic carbocycles. The van der Waals surface area contributed by atoms with Gasteiger partial charge in [0.1, 0.15) is 0 Å². The fourth-order valence-electron chi connectivity index (χ4n) is 8.64. The van der Waals surface area contributed by atoms with Crippen LogP contribution < -0.4 is 0 Å². The van der Waals surface area contributed by atoms with Crippen LogP contribution in [0.4, 0.5) is 0 Å². The number of hydrogen-bond acceptors (Lipinski definition) is 3. The molecule has 0 atom stereocenters. The molecule has 0 aliphatic carbocycles. The third kappa shape index (κ3) is 47.8. The molecule has 0 aliphatic rings. The van der Waals surface area contributed by atoms with Crippen LogP contribution in [0.1, 0.15) is 302 Å². The average Bonchev–Trinajstić information content (AvgIpc) is 3.23. The van der Waals surface area contributed by atoms with E-state index in [0.29, 0.717) is 19.1 Å². The van der Waals surface area contributed by atoms with Crippen molar-refractivity contribution in [1.29, 1.82) is 0 Å². The van der Waals surface area contributed by atoms with E-state index in [1.807, 2.05) is 0 Å². The van der Waals surface area contributed by atoms with Gasteiger partial charge in [-0.25, -0.2) is 0 Å². The zero-order valence-electron chi connectivity index (χ0n) is 39.8. The highest BCUT2D eigenvalue weighted by Crippen LogP contribution is 2.17. The molecule has 346 valence electrons. The maximum atomic E-state index is 13.4. The van der Waals surface area contributed by atoms with Gasteiger partial charge < -0.3 is 15.1 Å². The first kappa shape index (κ1) is 57.1. The van der Waals surface area contributed by atoms with Crippen LogP contribution in [0.2, 0.25) is 0 Å². The monoisotopic (exact) mass is 818 g/mol. The van der Waals surface area contributed by atoms with Crippen molar-refractivity contribution >= 4 is 5.91 Å².